The van der Waals surface area contributed by atoms with Crippen LogP contribution in [0.4, 0.5) is 0 Å². The van der Waals surface area contributed by atoms with E-state index in [4.69, 9.17) is 0 Å². The van der Waals surface area contributed by atoms with E-state index in [2.05, 4.69) is 10.2 Å². The number of carboxylic acids is 1. The molecule has 0 aromatic rings. The number of nitrogens with zero attached hydrogens (tertiary/aromatic N) is 1. The van der Waals surface area contributed by atoms with Crippen molar-refractivity contribution >= 4 is 5.97 Å². The van der Waals surface area contributed by atoms with Crippen LogP contribution in [0.15, 0.2) is 0 Å². The summed E-state index contributed by atoms with van der Waals surface area (Å²) < 4.78 is 0. The molecule has 1 saturated heterocycles. The van der Waals surface area contributed by atoms with Gasteiger partial charge in [0.2, 0.25) is 0 Å². The Balaban J connectivity index is 1.93. The van der Waals surface area contributed by atoms with Gasteiger partial charge in [-0.2, -0.15) is 0 Å². The summed E-state index contributed by atoms with van der Waals surface area (Å²) in [5.74, 6) is 0.0404. The largest absolute Gasteiger partial charge is 0.480 e. The Morgan fingerprint density at radius 1 is 1.35 bits per heavy atom. The minimum Gasteiger partial charge on any atom is -0.480 e. The Bertz CT molecular complexity index is 260. The number of carboxylic acid groups (broad SMARTS) is 1. The quantitative estimate of drug-likeness (QED) is 0.735. The normalized spacial score (nSPS) is 23.9. The predicted octanol–water partition coefficient (Wildman–Crippen LogP) is 1.31. The molecule has 1 saturated carbocycles. The fourth-order valence-electron chi connectivity index (χ4n) is 2.85. The minimum absolute atomic E-state index is 0.266. The number of rotatable bonds is 6. The zero-order valence-corrected chi connectivity index (χ0v) is 10.7. The van der Waals surface area contributed by atoms with Crippen LogP contribution in [0.25, 0.3) is 0 Å². The second kappa shape index (κ2) is 5.83. The van der Waals surface area contributed by atoms with Gasteiger partial charge in [-0.1, -0.05) is 6.92 Å². The van der Waals surface area contributed by atoms with Crippen molar-refractivity contribution in [3.05, 3.63) is 0 Å². The molecular formula is C13H24N2O2. The molecule has 2 N–H and O–H groups in total. The molecule has 0 amide bonds. The molecule has 1 heterocycles. The summed E-state index contributed by atoms with van der Waals surface area (Å²) in [6.07, 6.45) is 5.48. The molecule has 17 heavy (non-hydrogen) atoms. The van der Waals surface area contributed by atoms with Crippen LogP contribution >= 0.6 is 0 Å². The predicted molar refractivity (Wildman–Crippen MR) is 67.0 cm³/mol. The van der Waals surface area contributed by atoms with Crippen molar-refractivity contribution in [3.8, 4) is 0 Å². The van der Waals surface area contributed by atoms with Crippen molar-refractivity contribution in [2.75, 3.05) is 19.6 Å². The van der Waals surface area contributed by atoms with Gasteiger partial charge < -0.3 is 10.4 Å². The van der Waals surface area contributed by atoms with Crippen molar-refractivity contribution in [2.24, 2.45) is 5.92 Å². The Morgan fingerprint density at radius 2 is 2.00 bits per heavy atom. The Kier molecular flexibility index (Phi) is 4.40. The lowest BCUT2D eigenvalue weighted by Crippen LogP contribution is -2.46. The van der Waals surface area contributed by atoms with Crippen LogP contribution in [0.5, 0.6) is 0 Å². The molecule has 0 spiro atoms. The first-order valence-corrected chi connectivity index (χ1v) is 6.91. The zero-order valence-electron chi connectivity index (χ0n) is 10.7. The SMILES string of the molecule is CCC(C(=O)O)N(CC1CCNCC1)C1CC1. The van der Waals surface area contributed by atoms with E-state index in [1.165, 1.54) is 25.7 Å². The number of piperidine rings is 1. The average Bonchev–Trinajstić information content (AvgIpc) is 3.13. The highest BCUT2D eigenvalue weighted by Gasteiger charge is 2.37. The van der Waals surface area contributed by atoms with Gasteiger partial charge >= 0.3 is 5.97 Å². The van der Waals surface area contributed by atoms with Gasteiger partial charge in [0.05, 0.1) is 0 Å². The minimum atomic E-state index is -0.645. The first kappa shape index (κ1) is 12.8. The van der Waals surface area contributed by atoms with Crippen LogP contribution in [-0.4, -0.2) is 47.7 Å². The monoisotopic (exact) mass is 240 g/mol. The molecule has 1 aliphatic carbocycles. The number of aliphatic carboxylic acids is 1. The van der Waals surface area contributed by atoms with E-state index in [1.807, 2.05) is 6.92 Å². The standard InChI is InChI=1S/C13H24N2O2/c1-2-12(13(16)17)15(11-3-4-11)9-10-5-7-14-8-6-10/h10-12,14H,2-9H2,1H3,(H,16,17). The highest BCUT2D eigenvalue weighted by Crippen LogP contribution is 2.31. The number of hydrogen-bond acceptors (Lipinski definition) is 3. The summed E-state index contributed by atoms with van der Waals surface area (Å²) in [4.78, 5) is 13.6. The lowest BCUT2D eigenvalue weighted by molar-refractivity contribution is -0.144. The third-order valence-corrected chi connectivity index (χ3v) is 4.02. The molecule has 1 atom stereocenters. The van der Waals surface area contributed by atoms with Gasteiger partial charge in [-0.25, -0.2) is 0 Å². The van der Waals surface area contributed by atoms with Crippen LogP contribution in [0.1, 0.15) is 39.0 Å². The molecule has 4 heteroatoms. The number of nitrogens with one attached hydrogen (secondary N) is 1. The smallest absolute Gasteiger partial charge is 0.320 e. The van der Waals surface area contributed by atoms with E-state index in [1.54, 1.807) is 0 Å². The lowest BCUT2D eigenvalue weighted by Gasteiger charge is -2.33. The molecule has 2 aliphatic rings. The van der Waals surface area contributed by atoms with E-state index >= 15 is 0 Å². The summed E-state index contributed by atoms with van der Waals surface area (Å²) in [5.41, 5.74) is 0. The topological polar surface area (TPSA) is 52.6 Å². The van der Waals surface area contributed by atoms with E-state index in [9.17, 15) is 9.90 Å². The highest BCUT2D eigenvalue weighted by atomic mass is 16.4. The molecule has 1 unspecified atom stereocenters. The molecule has 98 valence electrons. The molecule has 0 aromatic carbocycles. The first-order chi connectivity index (χ1) is 8.22. The summed E-state index contributed by atoms with van der Waals surface area (Å²) in [6.45, 7) is 5.15. The molecule has 0 bridgehead atoms. The van der Waals surface area contributed by atoms with Crippen LogP contribution in [0, 0.1) is 5.92 Å². The van der Waals surface area contributed by atoms with E-state index in [0.717, 1.165) is 26.1 Å². The Labute approximate surface area is 103 Å². The second-order valence-corrected chi connectivity index (χ2v) is 5.38. The summed E-state index contributed by atoms with van der Waals surface area (Å²) in [5, 5.41) is 12.7. The fraction of sp³-hybridized carbons (Fsp3) is 0.923. The van der Waals surface area contributed by atoms with E-state index in [0.29, 0.717) is 12.0 Å². The zero-order chi connectivity index (χ0) is 12.3. The van der Waals surface area contributed by atoms with E-state index in [-0.39, 0.29) is 6.04 Å². The van der Waals surface area contributed by atoms with Crippen LogP contribution < -0.4 is 5.32 Å². The summed E-state index contributed by atoms with van der Waals surface area (Å²) in [7, 11) is 0. The fourth-order valence-corrected chi connectivity index (χ4v) is 2.85. The maximum Gasteiger partial charge on any atom is 0.320 e. The maximum atomic E-state index is 11.3. The second-order valence-electron chi connectivity index (χ2n) is 5.38. The van der Waals surface area contributed by atoms with Gasteiger partial charge in [-0.3, -0.25) is 9.69 Å². The molecule has 2 fully saturated rings. The van der Waals surface area contributed by atoms with Crippen molar-refractivity contribution in [2.45, 2.75) is 51.1 Å². The van der Waals surface area contributed by atoms with Gasteiger partial charge in [0, 0.05) is 12.6 Å². The molecule has 4 nitrogen and oxygen atoms in total. The van der Waals surface area contributed by atoms with Gasteiger partial charge in [0.25, 0.3) is 0 Å². The molecular weight excluding hydrogens is 216 g/mol. The third-order valence-electron chi connectivity index (χ3n) is 4.02. The Morgan fingerprint density at radius 3 is 2.47 bits per heavy atom. The molecule has 1 aliphatic heterocycles. The highest BCUT2D eigenvalue weighted by molar-refractivity contribution is 5.73. The molecule has 0 aromatic heterocycles. The Hall–Kier alpha value is -0.610. The van der Waals surface area contributed by atoms with Crippen LogP contribution in [0.2, 0.25) is 0 Å². The van der Waals surface area contributed by atoms with E-state index < -0.39 is 5.97 Å². The summed E-state index contributed by atoms with van der Waals surface area (Å²) >= 11 is 0. The first-order valence-electron chi connectivity index (χ1n) is 6.91. The third kappa shape index (κ3) is 3.42. The molecule has 2 rings (SSSR count). The van der Waals surface area contributed by atoms with Gasteiger partial charge in [-0.05, 0) is 51.1 Å². The number of hydrogen-bond donors (Lipinski definition) is 2. The lowest BCUT2D eigenvalue weighted by atomic mass is 9.96. The number of carbonyl (C=O) groups is 1. The van der Waals surface area contributed by atoms with Crippen molar-refractivity contribution in [1.82, 2.24) is 10.2 Å². The van der Waals surface area contributed by atoms with Gasteiger partial charge in [0.15, 0.2) is 0 Å². The van der Waals surface area contributed by atoms with Crippen molar-refractivity contribution in [1.29, 1.82) is 0 Å². The average molecular weight is 240 g/mol. The van der Waals surface area contributed by atoms with Crippen LogP contribution in [0.3, 0.4) is 0 Å². The van der Waals surface area contributed by atoms with Crippen molar-refractivity contribution in [3.63, 3.8) is 0 Å². The van der Waals surface area contributed by atoms with Crippen LogP contribution in [-0.2, 0) is 4.79 Å². The van der Waals surface area contributed by atoms with Crippen molar-refractivity contribution < 1.29 is 9.90 Å². The molecule has 0 radical (unpaired) electrons. The van der Waals surface area contributed by atoms with Gasteiger partial charge in [0.1, 0.15) is 6.04 Å². The summed E-state index contributed by atoms with van der Waals surface area (Å²) in [6, 6.07) is 0.281. The van der Waals surface area contributed by atoms with Gasteiger partial charge in [-0.15, -0.1) is 0 Å². The maximum absolute atomic E-state index is 11.3.